The van der Waals surface area contributed by atoms with Gasteiger partial charge in [-0.15, -0.1) is 0 Å². The number of nitrogens with zero attached hydrogens (tertiary/aromatic N) is 1. The van der Waals surface area contributed by atoms with Crippen molar-refractivity contribution in [2.45, 2.75) is 45.1 Å². The van der Waals surface area contributed by atoms with E-state index in [9.17, 15) is 9.90 Å². The van der Waals surface area contributed by atoms with Crippen LogP contribution in [0.4, 0.5) is 0 Å². The number of nitrogens with one attached hydrogen (secondary N) is 1. The van der Waals surface area contributed by atoms with E-state index < -0.39 is 11.5 Å². The Morgan fingerprint density at radius 1 is 1.35 bits per heavy atom. The zero-order chi connectivity index (χ0) is 12.9. The van der Waals surface area contributed by atoms with Gasteiger partial charge in [0.15, 0.2) is 0 Å². The first-order valence-electron chi connectivity index (χ1n) is 6.75. The highest BCUT2D eigenvalue weighted by Gasteiger charge is 2.50. The largest absolute Gasteiger partial charge is 0.480 e. The van der Waals surface area contributed by atoms with Gasteiger partial charge >= 0.3 is 5.97 Å². The molecule has 0 bridgehead atoms. The summed E-state index contributed by atoms with van der Waals surface area (Å²) in [5.74, 6) is -0.388. The molecule has 1 fully saturated rings. The number of hydrogen-bond acceptors (Lipinski definition) is 3. The van der Waals surface area contributed by atoms with E-state index in [0.717, 1.165) is 38.8 Å². The number of likely N-dealkylation sites (N-methyl/N-ethyl adjacent to an activating group) is 1. The molecule has 17 heavy (non-hydrogen) atoms. The van der Waals surface area contributed by atoms with Gasteiger partial charge in [-0.05, 0) is 51.7 Å². The van der Waals surface area contributed by atoms with Crippen LogP contribution in [0, 0.1) is 5.92 Å². The highest BCUT2D eigenvalue weighted by molar-refractivity contribution is 5.80. The predicted octanol–water partition coefficient (Wildman–Crippen LogP) is 1.56. The summed E-state index contributed by atoms with van der Waals surface area (Å²) in [5, 5.41) is 12.6. The maximum absolute atomic E-state index is 11.6. The van der Waals surface area contributed by atoms with Gasteiger partial charge in [0.2, 0.25) is 0 Å². The molecule has 0 saturated heterocycles. The topological polar surface area (TPSA) is 52.6 Å². The van der Waals surface area contributed by atoms with E-state index >= 15 is 0 Å². The number of carboxylic acids is 1. The van der Waals surface area contributed by atoms with Crippen molar-refractivity contribution in [3.8, 4) is 0 Å². The van der Waals surface area contributed by atoms with E-state index in [1.54, 1.807) is 7.05 Å². The van der Waals surface area contributed by atoms with Gasteiger partial charge in [-0.1, -0.05) is 13.8 Å². The van der Waals surface area contributed by atoms with E-state index in [4.69, 9.17) is 0 Å². The normalized spacial score (nSPS) is 19.3. The molecule has 0 aromatic carbocycles. The molecule has 4 nitrogen and oxygen atoms in total. The maximum Gasteiger partial charge on any atom is 0.325 e. The minimum Gasteiger partial charge on any atom is -0.480 e. The molecule has 0 aromatic rings. The van der Waals surface area contributed by atoms with Gasteiger partial charge in [-0.2, -0.15) is 0 Å². The van der Waals surface area contributed by atoms with Crippen molar-refractivity contribution in [3.63, 3.8) is 0 Å². The third kappa shape index (κ3) is 3.42. The average molecular weight is 242 g/mol. The second-order valence-electron chi connectivity index (χ2n) is 5.08. The Balaban J connectivity index is 2.72. The highest BCUT2D eigenvalue weighted by atomic mass is 16.4. The minimum atomic E-state index is -0.732. The third-order valence-corrected chi connectivity index (χ3v) is 3.65. The lowest BCUT2D eigenvalue weighted by Gasteiger charge is -2.35. The van der Waals surface area contributed by atoms with Crippen LogP contribution in [-0.2, 0) is 4.79 Å². The van der Waals surface area contributed by atoms with Gasteiger partial charge in [-0.3, -0.25) is 4.79 Å². The molecule has 0 aromatic heterocycles. The van der Waals surface area contributed by atoms with Gasteiger partial charge < -0.3 is 15.3 Å². The fraction of sp³-hybridized carbons (Fsp3) is 0.923. The minimum absolute atomic E-state index is 0.307. The molecule has 0 radical (unpaired) electrons. The fourth-order valence-electron chi connectivity index (χ4n) is 2.59. The van der Waals surface area contributed by atoms with Gasteiger partial charge in [0.05, 0.1) is 0 Å². The standard InChI is InChI=1S/C13H26N2O2/c1-4-8-15(9-5-2)10-13(14-3,12(16)17)11-6-7-11/h11,14H,4-10H2,1-3H3,(H,16,17). The highest BCUT2D eigenvalue weighted by Crippen LogP contribution is 2.40. The van der Waals surface area contributed by atoms with Crippen LogP contribution in [0.3, 0.4) is 0 Å². The van der Waals surface area contributed by atoms with Crippen molar-refractivity contribution in [1.29, 1.82) is 0 Å². The SMILES string of the molecule is CCCN(CCC)CC(NC)(C(=O)O)C1CC1. The Morgan fingerprint density at radius 3 is 2.18 bits per heavy atom. The van der Waals surface area contributed by atoms with Crippen LogP contribution in [0.5, 0.6) is 0 Å². The Kier molecular flexibility index (Phi) is 5.40. The van der Waals surface area contributed by atoms with Crippen molar-refractivity contribution < 1.29 is 9.90 Å². The van der Waals surface area contributed by atoms with Crippen molar-refractivity contribution in [1.82, 2.24) is 10.2 Å². The zero-order valence-electron chi connectivity index (χ0n) is 11.3. The summed E-state index contributed by atoms with van der Waals surface area (Å²) < 4.78 is 0. The lowest BCUT2D eigenvalue weighted by molar-refractivity contribution is -0.146. The first kappa shape index (κ1) is 14.5. The van der Waals surface area contributed by atoms with Crippen LogP contribution in [0.25, 0.3) is 0 Å². The zero-order valence-corrected chi connectivity index (χ0v) is 11.3. The molecule has 1 saturated carbocycles. The van der Waals surface area contributed by atoms with Crippen molar-refractivity contribution in [2.24, 2.45) is 5.92 Å². The van der Waals surface area contributed by atoms with E-state index in [1.807, 2.05) is 0 Å². The van der Waals surface area contributed by atoms with Crippen LogP contribution in [0.1, 0.15) is 39.5 Å². The predicted molar refractivity (Wildman–Crippen MR) is 69.2 cm³/mol. The van der Waals surface area contributed by atoms with Crippen LogP contribution in [-0.4, -0.2) is 48.2 Å². The molecule has 100 valence electrons. The molecular weight excluding hydrogens is 216 g/mol. The summed E-state index contributed by atoms with van der Waals surface area (Å²) in [5.41, 5.74) is -0.732. The van der Waals surface area contributed by atoms with E-state index in [-0.39, 0.29) is 0 Å². The Bertz CT molecular complexity index is 248. The third-order valence-electron chi connectivity index (χ3n) is 3.65. The number of hydrogen-bond donors (Lipinski definition) is 2. The smallest absolute Gasteiger partial charge is 0.325 e. The quantitative estimate of drug-likeness (QED) is 0.644. The first-order valence-corrected chi connectivity index (χ1v) is 6.75. The Hall–Kier alpha value is -0.610. The second kappa shape index (κ2) is 6.36. The van der Waals surface area contributed by atoms with Crippen LogP contribution >= 0.6 is 0 Å². The molecule has 4 heteroatoms. The Labute approximate surface area is 104 Å². The summed E-state index contributed by atoms with van der Waals surface area (Å²) >= 11 is 0. The number of aliphatic carboxylic acids is 1. The summed E-state index contributed by atoms with van der Waals surface area (Å²) in [4.78, 5) is 13.9. The summed E-state index contributed by atoms with van der Waals surface area (Å²) in [6.07, 6.45) is 4.23. The van der Waals surface area contributed by atoms with Gasteiger partial charge in [-0.25, -0.2) is 0 Å². The van der Waals surface area contributed by atoms with Crippen LogP contribution < -0.4 is 5.32 Å². The summed E-state index contributed by atoms with van der Waals surface area (Å²) in [6.45, 7) is 6.88. The average Bonchev–Trinajstić information content (AvgIpc) is 3.10. The molecule has 2 N–H and O–H groups in total. The summed E-state index contributed by atoms with van der Waals surface area (Å²) in [6, 6.07) is 0. The monoisotopic (exact) mass is 242 g/mol. The molecular formula is C13H26N2O2. The molecule has 1 aliphatic carbocycles. The van der Waals surface area contributed by atoms with Gasteiger partial charge in [0.1, 0.15) is 5.54 Å². The number of carboxylic acid groups (broad SMARTS) is 1. The molecule has 0 amide bonds. The molecule has 1 atom stereocenters. The lowest BCUT2D eigenvalue weighted by Crippen LogP contribution is -2.59. The lowest BCUT2D eigenvalue weighted by atomic mass is 9.92. The second-order valence-corrected chi connectivity index (χ2v) is 5.08. The number of carbonyl (C=O) groups is 1. The Morgan fingerprint density at radius 2 is 1.88 bits per heavy atom. The van der Waals surface area contributed by atoms with E-state index in [2.05, 4.69) is 24.1 Å². The molecule has 0 spiro atoms. The van der Waals surface area contributed by atoms with Crippen LogP contribution in [0.15, 0.2) is 0 Å². The van der Waals surface area contributed by atoms with Crippen LogP contribution in [0.2, 0.25) is 0 Å². The van der Waals surface area contributed by atoms with Gasteiger partial charge in [0, 0.05) is 6.54 Å². The maximum atomic E-state index is 11.6. The first-order chi connectivity index (χ1) is 8.10. The van der Waals surface area contributed by atoms with Crippen molar-refractivity contribution >= 4 is 5.97 Å². The van der Waals surface area contributed by atoms with E-state index in [1.165, 1.54) is 0 Å². The molecule has 1 rings (SSSR count). The molecule has 0 heterocycles. The van der Waals surface area contributed by atoms with Gasteiger partial charge in [0.25, 0.3) is 0 Å². The number of rotatable bonds is 9. The van der Waals surface area contributed by atoms with Crippen molar-refractivity contribution in [3.05, 3.63) is 0 Å². The summed E-state index contributed by atoms with van der Waals surface area (Å²) in [7, 11) is 1.78. The van der Waals surface area contributed by atoms with Crippen molar-refractivity contribution in [2.75, 3.05) is 26.7 Å². The molecule has 1 unspecified atom stereocenters. The molecule has 0 aliphatic heterocycles. The van der Waals surface area contributed by atoms with E-state index in [0.29, 0.717) is 12.5 Å². The fourth-order valence-corrected chi connectivity index (χ4v) is 2.59. The molecule has 1 aliphatic rings.